The normalized spacial score (nSPS) is 37.8. The molecule has 10 heteroatoms. The summed E-state index contributed by atoms with van der Waals surface area (Å²) in [4.78, 5) is 29.1. The molecule has 1 amide bonds. The van der Waals surface area contributed by atoms with E-state index < -0.39 is 42.8 Å². The molecule has 0 spiro atoms. The summed E-state index contributed by atoms with van der Waals surface area (Å²) in [5.74, 6) is -1.89. The number of nitrogens with zero attached hydrogens (tertiary/aromatic N) is 2. The molecule has 0 saturated carbocycles. The maximum atomic E-state index is 12.4. The van der Waals surface area contributed by atoms with Gasteiger partial charge in [0.2, 0.25) is 0 Å². The van der Waals surface area contributed by atoms with Crippen LogP contribution in [0.1, 0.15) is 18.0 Å². The van der Waals surface area contributed by atoms with Gasteiger partial charge in [-0.2, -0.15) is 0 Å². The first-order valence-electron chi connectivity index (χ1n) is 8.05. The number of hydrogen-bond acceptors (Lipinski definition) is 8. The number of carbonyl (C=O) groups excluding carboxylic acids is 1. The molecule has 4 N–H and O–H groups in total. The molecule has 1 aromatic heterocycles. The molecule has 0 aliphatic carbocycles. The quantitative estimate of drug-likeness (QED) is 0.486. The summed E-state index contributed by atoms with van der Waals surface area (Å²) in [6.07, 6.45) is -6.15. The maximum absolute atomic E-state index is 12.4. The molecule has 1 aromatic rings. The van der Waals surface area contributed by atoms with Crippen LogP contribution in [0.25, 0.3) is 0 Å². The first-order chi connectivity index (χ1) is 12.3. The number of aliphatic hydroxyl groups excluding tert-OH is 3. The van der Waals surface area contributed by atoms with E-state index in [2.05, 4.69) is 4.98 Å². The van der Waals surface area contributed by atoms with Gasteiger partial charge in [-0.25, -0.2) is 4.79 Å². The third kappa shape index (κ3) is 3.29. The average molecular weight is 368 g/mol. The lowest BCUT2D eigenvalue weighted by Crippen LogP contribution is -2.61. The number of carbonyl (C=O) groups is 2. The lowest BCUT2D eigenvalue weighted by Gasteiger charge is -2.39. The van der Waals surface area contributed by atoms with Crippen LogP contribution in [0.4, 0.5) is 0 Å². The Hall–Kier alpha value is -2.11. The third-order valence-electron chi connectivity index (χ3n) is 4.71. The maximum Gasteiger partial charge on any atom is 0.335 e. The largest absolute Gasteiger partial charge is 0.479 e. The van der Waals surface area contributed by atoms with Crippen molar-refractivity contribution >= 4 is 11.9 Å². The minimum atomic E-state index is -1.81. The first kappa shape index (κ1) is 18.7. The zero-order valence-corrected chi connectivity index (χ0v) is 13.9. The summed E-state index contributed by atoms with van der Waals surface area (Å²) < 4.78 is 10.5. The van der Waals surface area contributed by atoms with Crippen molar-refractivity contribution in [1.82, 2.24) is 9.88 Å². The van der Waals surface area contributed by atoms with E-state index >= 15 is 0 Å². The lowest BCUT2D eigenvalue weighted by molar-refractivity contribution is -0.301. The summed E-state index contributed by atoms with van der Waals surface area (Å²) >= 11 is 0. The number of likely N-dealkylation sites (N-methyl/N-ethyl adjacent to an activating group) is 1. The highest BCUT2D eigenvalue weighted by Gasteiger charge is 2.50. The number of aromatic nitrogens is 1. The zero-order chi connectivity index (χ0) is 19.0. The second kappa shape index (κ2) is 7.25. The number of amides is 1. The van der Waals surface area contributed by atoms with Crippen LogP contribution in [0.15, 0.2) is 24.5 Å². The summed E-state index contributed by atoms with van der Waals surface area (Å²) in [5.41, 5.74) is 0.804. The van der Waals surface area contributed by atoms with Crippen LogP contribution in [0.5, 0.6) is 0 Å². The van der Waals surface area contributed by atoms with Gasteiger partial charge in [0.1, 0.15) is 24.4 Å². The fourth-order valence-electron chi connectivity index (χ4n) is 3.22. The van der Waals surface area contributed by atoms with E-state index in [0.717, 1.165) is 5.56 Å². The Balaban J connectivity index is 1.73. The number of likely N-dealkylation sites (tertiary alicyclic amines) is 1. The minimum Gasteiger partial charge on any atom is -0.479 e. The molecule has 26 heavy (non-hydrogen) atoms. The van der Waals surface area contributed by atoms with Gasteiger partial charge in [-0.1, -0.05) is 6.07 Å². The van der Waals surface area contributed by atoms with Gasteiger partial charge in [0, 0.05) is 25.9 Å². The molecular weight excluding hydrogens is 348 g/mol. The Morgan fingerprint density at radius 1 is 1.31 bits per heavy atom. The molecule has 10 nitrogen and oxygen atoms in total. The number of aliphatic carboxylic acids is 1. The molecule has 0 aromatic carbocycles. The highest BCUT2D eigenvalue weighted by molar-refractivity contribution is 5.83. The number of hydrogen-bond donors (Lipinski definition) is 4. The number of rotatable bonds is 4. The van der Waals surface area contributed by atoms with Gasteiger partial charge in [0.25, 0.3) is 5.91 Å². The van der Waals surface area contributed by atoms with Crippen molar-refractivity contribution in [2.45, 2.75) is 49.3 Å². The molecule has 7 atom stereocenters. The Morgan fingerprint density at radius 3 is 2.65 bits per heavy atom. The number of aliphatic hydroxyl groups is 3. The van der Waals surface area contributed by atoms with Crippen molar-refractivity contribution in [3.63, 3.8) is 0 Å². The molecular formula is C16H20N2O8. The highest BCUT2D eigenvalue weighted by Crippen LogP contribution is 2.34. The molecule has 0 unspecified atom stereocenters. The number of carboxylic acid groups (broad SMARTS) is 1. The molecule has 142 valence electrons. The van der Waals surface area contributed by atoms with Crippen LogP contribution >= 0.6 is 0 Å². The summed E-state index contributed by atoms with van der Waals surface area (Å²) in [7, 11) is 1.60. The fourth-order valence-corrected chi connectivity index (χ4v) is 3.22. The second-order valence-electron chi connectivity index (χ2n) is 6.35. The average Bonchev–Trinajstić information content (AvgIpc) is 2.91. The Bertz CT molecular complexity index is 671. The molecule has 2 fully saturated rings. The standard InChI is InChI=1S/C16H20N2O8/c1-18-8(7-3-2-4-17-6-7)5-9(14(18)22)25-16-12(21)10(19)11(20)13(26-16)15(23)24/h2-4,6,8-13,16,19-21H,5H2,1H3,(H,23,24)/t8-,9-,10-,11-,12+,13-,16+/m1/s1. The van der Waals surface area contributed by atoms with E-state index in [9.17, 15) is 24.9 Å². The van der Waals surface area contributed by atoms with E-state index in [1.807, 2.05) is 6.07 Å². The first-order valence-corrected chi connectivity index (χ1v) is 8.05. The van der Waals surface area contributed by atoms with E-state index in [4.69, 9.17) is 14.6 Å². The van der Waals surface area contributed by atoms with Gasteiger partial charge in [-0.15, -0.1) is 0 Å². The van der Waals surface area contributed by atoms with Crippen LogP contribution in [0.3, 0.4) is 0 Å². The van der Waals surface area contributed by atoms with Crippen molar-refractivity contribution in [3.05, 3.63) is 30.1 Å². The van der Waals surface area contributed by atoms with Crippen LogP contribution in [-0.4, -0.2) is 86.0 Å². The molecule has 2 aliphatic rings. The van der Waals surface area contributed by atoms with Crippen LogP contribution < -0.4 is 0 Å². The number of ether oxygens (including phenoxy) is 2. The molecule has 3 rings (SSSR count). The molecule has 2 aliphatic heterocycles. The summed E-state index contributed by atoms with van der Waals surface area (Å²) in [6, 6.07) is 3.26. The van der Waals surface area contributed by atoms with Crippen LogP contribution in [0.2, 0.25) is 0 Å². The SMILES string of the molecule is CN1C(=O)[C@H](O[C@H]2O[C@@H](C(=O)O)[C@H](O)[C@@H](O)[C@@H]2O)C[C@@H]1c1cccnc1. The highest BCUT2D eigenvalue weighted by atomic mass is 16.7. The Labute approximate surface area is 148 Å². The zero-order valence-electron chi connectivity index (χ0n) is 13.9. The van der Waals surface area contributed by atoms with Gasteiger partial charge in [0.05, 0.1) is 6.04 Å². The van der Waals surface area contributed by atoms with Gasteiger partial charge in [0.15, 0.2) is 12.4 Å². The molecule has 2 saturated heterocycles. The van der Waals surface area contributed by atoms with E-state index in [1.165, 1.54) is 4.90 Å². The monoisotopic (exact) mass is 368 g/mol. The van der Waals surface area contributed by atoms with Crippen LogP contribution in [-0.2, 0) is 19.1 Å². The van der Waals surface area contributed by atoms with Gasteiger partial charge in [-0.3, -0.25) is 9.78 Å². The van der Waals surface area contributed by atoms with Gasteiger partial charge in [-0.05, 0) is 11.6 Å². The number of carboxylic acids is 1. The Morgan fingerprint density at radius 2 is 2.04 bits per heavy atom. The topological polar surface area (TPSA) is 150 Å². The van der Waals surface area contributed by atoms with E-state index in [1.54, 1.807) is 25.5 Å². The van der Waals surface area contributed by atoms with E-state index in [0.29, 0.717) is 0 Å². The predicted octanol–water partition coefficient (Wildman–Crippen LogP) is -1.74. The second-order valence-corrected chi connectivity index (χ2v) is 6.35. The van der Waals surface area contributed by atoms with E-state index in [-0.39, 0.29) is 18.4 Å². The van der Waals surface area contributed by atoms with Crippen molar-refractivity contribution in [1.29, 1.82) is 0 Å². The molecule has 0 bridgehead atoms. The van der Waals surface area contributed by atoms with Crippen LogP contribution in [0, 0.1) is 0 Å². The minimum absolute atomic E-state index is 0.240. The predicted molar refractivity (Wildman–Crippen MR) is 83.6 cm³/mol. The smallest absolute Gasteiger partial charge is 0.335 e. The molecule has 3 heterocycles. The van der Waals surface area contributed by atoms with Gasteiger partial charge >= 0.3 is 5.97 Å². The molecule has 0 radical (unpaired) electrons. The van der Waals surface area contributed by atoms with Crippen molar-refractivity contribution in [2.24, 2.45) is 0 Å². The van der Waals surface area contributed by atoms with Crippen molar-refractivity contribution in [2.75, 3.05) is 7.05 Å². The Kier molecular flexibility index (Phi) is 5.21. The summed E-state index contributed by atoms with van der Waals surface area (Å²) in [6.45, 7) is 0. The number of pyridine rings is 1. The van der Waals surface area contributed by atoms with Crippen molar-refractivity contribution < 1.29 is 39.5 Å². The lowest BCUT2D eigenvalue weighted by atomic mass is 9.99. The summed E-state index contributed by atoms with van der Waals surface area (Å²) in [5, 5.41) is 38.6. The third-order valence-corrected chi connectivity index (χ3v) is 4.71. The van der Waals surface area contributed by atoms with Crippen molar-refractivity contribution in [3.8, 4) is 0 Å². The van der Waals surface area contributed by atoms with Gasteiger partial charge < -0.3 is 34.8 Å². The fraction of sp³-hybridized carbons (Fsp3) is 0.562.